The Morgan fingerprint density at radius 1 is 0.426 bits per heavy atom. The van der Waals surface area contributed by atoms with Crippen LogP contribution in [0.25, 0.3) is 77.5 Å². The van der Waals surface area contributed by atoms with Crippen molar-refractivity contribution < 1.29 is 15.6 Å². The van der Waals surface area contributed by atoms with Crippen molar-refractivity contribution in [3.05, 3.63) is 179 Å². The van der Waals surface area contributed by atoms with Gasteiger partial charge >= 0.3 is 329 Å². The van der Waals surface area contributed by atoms with Crippen molar-refractivity contribution in [2.24, 2.45) is 0 Å². The molecule has 0 spiro atoms. The molecule has 0 N–H and O–H groups in total. The quantitative estimate of drug-likeness (QED) is 0.120. The molecule has 0 fully saturated rings. The van der Waals surface area contributed by atoms with Crippen LogP contribution in [0.5, 0.6) is 0 Å². The fourth-order valence-electron chi connectivity index (χ4n) is 10.1. The first-order chi connectivity index (χ1) is 26.1. The maximum atomic E-state index is 8.61. The van der Waals surface area contributed by atoms with Crippen LogP contribution in [-0.2, 0) is 15.6 Å². The summed E-state index contributed by atoms with van der Waals surface area (Å²) in [6, 6.07) is 54.0. The second-order valence-electron chi connectivity index (χ2n) is 16.2. The Bertz CT molecular complexity index is 2760. The third-order valence-electron chi connectivity index (χ3n) is 12.8. The number of hydrogen-bond donors (Lipinski definition) is 0. The van der Waals surface area contributed by atoms with Gasteiger partial charge in [-0.15, -0.1) is 0 Å². The molecule has 0 aromatic heterocycles. The minimum atomic E-state index is -4.83. The van der Waals surface area contributed by atoms with Gasteiger partial charge in [0.25, 0.3) is 0 Å². The molecule has 54 heavy (non-hydrogen) atoms. The summed E-state index contributed by atoms with van der Waals surface area (Å²) < 4.78 is 0.107. The van der Waals surface area contributed by atoms with Crippen molar-refractivity contribution in [1.29, 1.82) is 0 Å². The SMILES string of the molecule is CC1=Cc2c(-c3ccc4cc5ccccc5cc4c3)cccc2[CH]1[Zr]([Cl])([Cl])([CH]1C(C)=Cc2c(-c3ccc4cc5ccccc5cc4c3)cccc21)[SiH](C)C. The topological polar surface area (TPSA) is 0 Å². The second kappa shape index (κ2) is 12.5. The van der Waals surface area contributed by atoms with Crippen LogP contribution in [0.2, 0.25) is 13.1 Å². The number of fused-ring (bicyclic) bond motifs is 6. The summed E-state index contributed by atoms with van der Waals surface area (Å²) in [4.78, 5) is 0. The summed E-state index contributed by atoms with van der Waals surface area (Å²) in [5.74, 6) is -1.65. The second-order valence-corrected chi connectivity index (χ2v) is 58.7. The summed E-state index contributed by atoms with van der Waals surface area (Å²) in [6.45, 7) is 9.44. The van der Waals surface area contributed by atoms with Gasteiger partial charge in [-0.3, -0.25) is 0 Å². The van der Waals surface area contributed by atoms with E-state index in [4.69, 9.17) is 17.0 Å². The molecule has 2 atom stereocenters. The summed E-state index contributed by atoms with van der Waals surface area (Å²) in [5, 5.41) is 10.1. The summed E-state index contributed by atoms with van der Waals surface area (Å²) in [6.07, 6.45) is 4.83. The number of allylic oxidation sites excluding steroid dienone is 2. The van der Waals surface area contributed by atoms with Gasteiger partial charge in [-0.05, 0) is 0 Å². The molecule has 10 rings (SSSR count). The van der Waals surface area contributed by atoms with E-state index in [1.54, 1.807) is 0 Å². The average Bonchev–Trinajstić information content (AvgIpc) is 3.72. The zero-order valence-electron chi connectivity index (χ0n) is 31.0. The van der Waals surface area contributed by atoms with E-state index < -0.39 is 21.5 Å². The van der Waals surface area contributed by atoms with Gasteiger partial charge in [-0.25, -0.2) is 0 Å². The first-order valence-corrected chi connectivity index (χ1v) is 35.4. The van der Waals surface area contributed by atoms with Gasteiger partial charge in [0.15, 0.2) is 0 Å². The van der Waals surface area contributed by atoms with Crippen LogP contribution >= 0.6 is 17.0 Å². The van der Waals surface area contributed by atoms with Crippen LogP contribution < -0.4 is 0 Å². The Kier molecular flexibility index (Phi) is 7.97. The molecule has 2 unspecified atom stereocenters. The third kappa shape index (κ3) is 5.10. The predicted octanol–water partition coefficient (Wildman–Crippen LogP) is 15.2. The predicted molar refractivity (Wildman–Crippen MR) is 237 cm³/mol. The molecule has 0 radical (unpaired) electrons. The maximum absolute atomic E-state index is 8.61. The van der Waals surface area contributed by atoms with Crippen molar-refractivity contribution in [2.75, 3.05) is 0 Å². The van der Waals surface area contributed by atoms with Gasteiger partial charge < -0.3 is 0 Å². The van der Waals surface area contributed by atoms with Gasteiger partial charge in [-0.1, -0.05) is 0 Å². The number of hydrogen-bond acceptors (Lipinski definition) is 0. The first-order valence-electron chi connectivity index (χ1n) is 19.1. The Labute approximate surface area is 326 Å². The van der Waals surface area contributed by atoms with E-state index in [1.165, 1.54) is 98.7 Å². The third-order valence-corrected chi connectivity index (χ3v) is 65.1. The van der Waals surface area contributed by atoms with E-state index in [0.717, 1.165) is 0 Å². The molecule has 2 aliphatic carbocycles. The molecule has 0 saturated carbocycles. The minimum absolute atomic E-state index is 0.0534. The van der Waals surface area contributed by atoms with Crippen LogP contribution in [0.4, 0.5) is 0 Å². The zero-order chi connectivity index (χ0) is 37.0. The van der Waals surface area contributed by atoms with Gasteiger partial charge in [-0.2, -0.15) is 0 Å². The van der Waals surface area contributed by atoms with E-state index in [1.807, 2.05) is 0 Å². The van der Waals surface area contributed by atoms with Crippen LogP contribution in [0.15, 0.2) is 157 Å². The van der Waals surface area contributed by atoms with Crippen LogP contribution in [0.1, 0.15) is 43.4 Å². The van der Waals surface area contributed by atoms with Gasteiger partial charge in [0, 0.05) is 0 Å². The Morgan fingerprint density at radius 2 is 0.796 bits per heavy atom. The van der Waals surface area contributed by atoms with E-state index in [2.05, 4.69) is 185 Å². The van der Waals surface area contributed by atoms with E-state index in [-0.39, 0.29) is 7.25 Å². The molecule has 8 aromatic rings. The molecule has 2 aliphatic rings. The molecule has 0 heterocycles. The Balaban J connectivity index is 1.09. The fraction of sp³-hybridized carbons (Fsp3) is 0.120. The van der Waals surface area contributed by atoms with Crippen molar-refractivity contribution in [3.63, 3.8) is 0 Å². The van der Waals surface area contributed by atoms with E-state index in [0.29, 0.717) is 0 Å². The number of halogens is 2. The summed E-state index contributed by atoms with van der Waals surface area (Å²) >= 11 is -4.83. The van der Waals surface area contributed by atoms with E-state index >= 15 is 0 Å². The molecular weight excluding hydrogens is 791 g/mol. The van der Waals surface area contributed by atoms with Crippen molar-refractivity contribution in [2.45, 2.75) is 34.2 Å². The standard InChI is InChI=1S/2C24H17.C2H7Si.2ClH.Zr/c2*1-16-11-20-7-4-8-23(24(20)12-16)21-10-9-19-13-17-5-2-3-6-18(17)14-22(19)15-21;1-3-2;;;/h2*2-15H,1H3;3H,1-2H3;2*1H;/q;;;;;+2/p-2. The summed E-state index contributed by atoms with van der Waals surface area (Å²) in [7, 11) is 17.2. The average molecular weight is 832 g/mol. The van der Waals surface area contributed by atoms with Crippen LogP contribution in [0, 0.1) is 0 Å². The van der Waals surface area contributed by atoms with Crippen molar-refractivity contribution in [3.8, 4) is 22.3 Å². The molecule has 0 aliphatic heterocycles. The van der Waals surface area contributed by atoms with Crippen LogP contribution in [0.3, 0.4) is 0 Å². The monoisotopic (exact) mass is 829 g/mol. The molecule has 0 bridgehead atoms. The molecule has 8 aromatic carbocycles. The normalized spacial score (nSPS) is 17.5. The summed E-state index contributed by atoms with van der Waals surface area (Å²) in [5.41, 5.74) is 12.8. The van der Waals surface area contributed by atoms with Crippen molar-refractivity contribution in [1.82, 2.24) is 0 Å². The van der Waals surface area contributed by atoms with Gasteiger partial charge in [0.1, 0.15) is 0 Å². The number of benzene rings is 8. The van der Waals surface area contributed by atoms with E-state index in [9.17, 15) is 0 Å². The molecular formula is C50H41Cl2SiZr. The number of rotatable bonds is 5. The van der Waals surface area contributed by atoms with Crippen molar-refractivity contribution >= 4 is 78.2 Å². The molecule has 0 saturated heterocycles. The zero-order valence-corrected chi connectivity index (χ0v) is 36.1. The first kappa shape index (κ1) is 34.5. The molecule has 4 heteroatoms. The molecule has 0 amide bonds. The Hall–Kier alpha value is -4.04. The fourth-order valence-corrected chi connectivity index (χ4v) is 43.0. The van der Waals surface area contributed by atoms with Gasteiger partial charge in [0.2, 0.25) is 0 Å². The van der Waals surface area contributed by atoms with Gasteiger partial charge in [0.05, 0.1) is 0 Å². The Morgan fingerprint density at radius 3 is 1.19 bits per heavy atom. The van der Waals surface area contributed by atoms with Crippen LogP contribution in [-0.4, -0.2) is 5.92 Å². The molecule has 263 valence electrons. The molecule has 0 nitrogen and oxygen atoms in total.